The molecule has 8 heteroatoms. The van der Waals surface area contributed by atoms with Crippen LogP contribution in [0.15, 0.2) is 52.9 Å². The summed E-state index contributed by atoms with van der Waals surface area (Å²) in [7, 11) is 0. The molecule has 0 spiro atoms. The Morgan fingerprint density at radius 2 is 1.96 bits per heavy atom. The molecule has 0 aliphatic carbocycles. The molecule has 3 rings (SSSR count). The van der Waals surface area contributed by atoms with E-state index in [4.69, 9.17) is 0 Å². The molecule has 0 aliphatic rings. The zero-order valence-electron chi connectivity index (χ0n) is 14.3. The lowest BCUT2D eigenvalue weighted by Gasteiger charge is -2.05. The highest BCUT2D eigenvalue weighted by atomic mass is 32.1. The van der Waals surface area contributed by atoms with Crippen molar-refractivity contribution in [3.05, 3.63) is 64.9 Å². The number of carbonyl (C=O) groups excluding carboxylic acids is 1. The van der Waals surface area contributed by atoms with E-state index in [0.717, 1.165) is 5.56 Å². The number of benzene rings is 2. The minimum absolute atomic E-state index is 0.0377. The van der Waals surface area contributed by atoms with E-state index >= 15 is 0 Å². The fourth-order valence-corrected chi connectivity index (χ4v) is 3.18. The average Bonchev–Trinajstić information content (AvgIpc) is 3.08. The molecule has 27 heavy (non-hydrogen) atoms. The van der Waals surface area contributed by atoms with E-state index in [0.29, 0.717) is 22.0 Å². The van der Waals surface area contributed by atoms with Crippen LogP contribution in [0.4, 0.5) is 4.39 Å². The van der Waals surface area contributed by atoms with Gasteiger partial charge >= 0.3 is 0 Å². The first-order chi connectivity index (χ1) is 12.9. The minimum Gasteiger partial charge on any atom is -0.508 e. The number of rotatable bonds is 5. The number of aromatic hydroxyl groups is 2. The molecule has 0 saturated carbocycles. The first-order valence-electron chi connectivity index (χ1n) is 7.98. The lowest BCUT2D eigenvalue weighted by Crippen LogP contribution is -2.21. The van der Waals surface area contributed by atoms with Gasteiger partial charge < -0.3 is 10.2 Å². The summed E-state index contributed by atoms with van der Waals surface area (Å²) in [5.41, 5.74) is 4.58. The van der Waals surface area contributed by atoms with Crippen molar-refractivity contribution >= 4 is 23.0 Å². The zero-order chi connectivity index (χ0) is 19.4. The predicted molar refractivity (Wildman–Crippen MR) is 101 cm³/mol. The third-order valence-electron chi connectivity index (χ3n) is 3.70. The van der Waals surface area contributed by atoms with E-state index in [2.05, 4.69) is 15.5 Å². The van der Waals surface area contributed by atoms with Gasteiger partial charge in [0, 0.05) is 22.6 Å². The third kappa shape index (κ3) is 4.68. The van der Waals surface area contributed by atoms with Crippen LogP contribution < -0.4 is 5.43 Å². The molecule has 1 heterocycles. The van der Waals surface area contributed by atoms with Gasteiger partial charge in [-0.05, 0) is 43.3 Å². The summed E-state index contributed by atoms with van der Waals surface area (Å²) in [6.45, 7) is 1.63. The molecule has 2 aromatic carbocycles. The SMILES string of the molecule is C/C(=N\NC(=O)Cc1csc(-c2ccc(F)cc2)n1)c1ccc(O)cc1O. The molecular formula is C19H16FN3O3S. The number of hydrogen-bond acceptors (Lipinski definition) is 6. The van der Waals surface area contributed by atoms with E-state index in [9.17, 15) is 19.4 Å². The molecule has 0 atom stereocenters. The van der Waals surface area contributed by atoms with Crippen molar-refractivity contribution in [3.63, 3.8) is 0 Å². The fraction of sp³-hybridized carbons (Fsp3) is 0.105. The second-order valence-corrected chi connectivity index (χ2v) is 6.62. The van der Waals surface area contributed by atoms with Gasteiger partial charge in [0.25, 0.3) is 0 Å². The molecule has 0 aliphatic heterocycles. The molecular weight excluding hydrogens is 369 g/mol. The van der Waals surface area contributed by atoms with Gasteiger partial charge in [0.05, 0.1) is 17.8 Å². The van der Waals surface area contributed by atoms with E-state index in [1.54, 1.807) is 24.4 Å². The number of phenolic OH excluding ortho intramolecular Hbond substituents is 2. The lowest BCUT2D eigenvalue weighted by atomic mass is 10.1. The Kier molecular flexibility index (Phi) is 5.46. The van der Waals surface area contributed by atoms with Crippen molar-refractivity contribution in [2.45, 2.75) is 13.3 Å². The number of aromatic nitrogens is 1. The Balaban J connectivity index is 1.63. The van der Waals surface area contributed by atoms with Crippen LogP contribution in [0.5, 0.6) is 11.5 Å². The van der Waals surface area contributed by atoms with Gasteiger partial charge in [0.2, 0.25) is 5.91 Å². The number of nitrogens with zero attached hydrogens (tertiary/aromatic N) is 2. The van der Waals surface area contributed by atoms with Gasteiger partial charge in [0.1, 0.15) is 22.3 Å². The standard InChI is InChI=1S/C19H16FN3O3S/c1-11(16-7-6-15(24)9-17(16)25)22-23-18(26)8-14-10-27-19(21-14)12-2-4-13(20)5-3-12/h2-7,9-10,24-25H,8H2,1H3,(H,23,26)/b22-11+. The molecule has 138 valence electrons. The van der Waals surface area contributed by atoms with Crippen LogP contribution in [0.2, 0.25) is 0 Å². The molecule has 0 unspecified atom stereocenters. The largest absolute Gasteiger partial charge is 0.508 e. The van der Waals surface area contributed by atoms with E-state index in [-0.39, 0.29) is 29.6 Å². The second kappa shape index (κ2) is 7.96. The highest BCUT2D eigenvalue weighted by Gasteiger charge is 2.10. The number of halogens is 1. The summed E-state index contributed by atoms with van der Waals surface area (Å²) < 4.78 is 13.0. The Morgan fingerprint density at radius 3 is 2.67 bits per heavy atom. The first kappa shape index (κ1) is 18.5. The van der Waals surface area contributed by atoms with Gasteiger partial charge in [-0.1, -0.05) is 0 Å². The van der Waals surface area contributed by atoms with Gasteiger partial charge in [-0.15, -0.1) is 11.3 Å². The molecule has 3 aromatic rings. The topological polar surface area (TPSA) is 94.8 Å². The predicted octanol–water partition coefficient (Wildman–Crippen LogP) is 3.44. The molecule has 3 N–H and O–H groups in total. The molecule has 0 radical (unpaired) electrons. The second-order valence-electron chi connectivity index (χ2n) is 5.76. The Hall–Kier alpha value is -3.26. The van der Waals surface area contributed by atoms with Crippen molar-refractivity contribution in [1.29, 1.82) is 0 Å². The van der Waals surface area contributed by atoms with Crippen LogP contribution in [0.1, 0.15) is 18.2 Å². The summed E-state index contributed by atoms with van der Waals surface area (Å²) >= 11 is 1.37. The van der Waals surface area contributed by atoms with Crippen molar-refractivity contribution in [3.8, 4) is 22.1 Å². The molecule has 0 bridgehead atoms. The maximum atomic E-state index is 13.0. The number of nitrogens with one attached hydrogen (secondary N) is 1. The molecule has 1 amide bonds. The van der Waals surface area contributed by atoms with Gasteiger partial charge in [-0.25, -0.2) is 14.8 Å². The number of carbonyl (C=O) groups is 1. The Labute approximate surface area is 158 Å². The fourth-order valence-electron chi connectivity index (χ4n) is 2.35. The monoisotopic (exact) mass is 385 g/mol. The van der Waals surface area contributed by atoms with E-state index < -0.39 is 0 Å². The highest BCUT2D eigenvalue weighted by molar-refractivity contribution is 7.13. The van der Waals surface area contributed by atoms with Crippen LogP contribution in [0, 0.1) is 5.82 Å². The van der Waals surface area contributed by atoms with Crippen LogP contribution in [0.25, 0.3) is 10.6 Å². The van der Waals surface area contributed by atoms with Crippen molar-refractivity contribution in [1.82, 2.24) is 10.4 Å². The lowest BCUT2D eigenvalue weighted by molar-refractivity contribution is -0.120. The number of amides is 1. The van der Waals surface area contributed by atoms with E-state index in [1.165, 1.54) is 41.7 Å². The number of phenols is 2. The Bertz CT molecular complexity index is 1000. The van der Waals surface area contributed by atoms with Crippen LogP contribution in [-0.4, -0.2) is 26.8 Å². The number of thiazole rings is 1. The van der Waals surface area contributed by atoms with Gasteiger partial charge in [-0.2, -0.15) is 5.10 Å². The summed E-state index contributed by atoms with van der Waals surface area (Å²) in [6, 6.07) is 10.1. The van der Waals surface area contributed by atoms with Gasteiger partial charge in [-0.3, -0.25) is 4.79 Å². The van der Waals surface area contributed by atoms with Gasteiger partial charge in [0.15, 0.2) is 0 Å². The van der Waals surface area contributed by atoms with E-state index in [1.807, 2.05) is 0 Å². The van der Waals surface area contributed by atoms with Crippen molar-refractivity contribution < 1.29 is 19.4 Å². The van der Waals surface area contributed by atoms with Crippen LogP contribution >= 0.6 is 11.3 Å². The zero-order valence-corrected chi connectivity index (χ0v) is 15.1. The van der Waals surface area contributed by atoms with Crippen molar-refractivity contribution in [2.24, 2.45) is 5.10 Å². The van der Waals surface area contributed by atoms with Crippen LogP contribution in [0.3, 0.4) is 0 Å². The molecule has 6 nitrogen and oxygen atoms in total. The summed E-state index contributed by atoms with van der Waals surface area (Å²) in [6.07, 6.45) is 0.0377. The third-order valence-corrected chi connectivity index (χ3v) is 4.64. The summed E-state index contributed by atoms with van der Waals surface area (Å²) in [4.78, 5) is 16.5. The maximum absolute atomic E-state index is 13.0. The smallest absolute Gasteiger partial charge is 0.246 e. The molecule has 0 saturated heterocycles. The average molecular weight is 385 g/mol. The first-order valence-corrected chi connectivity index (χ1v) is 8.86. The minimum atomic E-state index is -0.358. The molecule has 0 fully saturated rings. The number of hydrogen-bond donors (Lipinski definition) is 3. The van der Waals surface area contributed by atoms with Crippen LogP contribution in [-0.2, 0) is 11.2 Å². The maximum Gasteiger partial charge on any atom is 0.246 e. The normalized spacial score (nSPS) is 11.4. The van der Waals surface area contributed by atoms with Crippen molar-refractivity contribution in [2.75, 3.05) is 0 Å². The summed E-state index contributed by atoms with van der Waals surface area (Å²) in [5.74, 6) is -0.867. The summed E-state index contributed by atoms with van der Waals surface area (Å²) in [5, 5.41) is 25.5. The molecule has 1 aromatic heterocycles. The quantitative estimate of drug-likeness (QED) is 0.463. The highest BCUT2D eigenvalue weighted by Crippen LogP contribution is 2.24. The number of hydrazone groups is 1. The Morgan fingerprint density at radius 1 is 1.22 bits per heavy atom.